The van der Waals surface area contributed by atoms with Crippen LogP contribution in [0, 0.1) is 5.82 Å². The Morgan fingerprint density at radius 3 is 2.48 bits per heavy atom. The number of hydrogen-bond acceptors (Lipinski definition) is 2. The number of hydrogen-bond donors (Lipinski definition) is 0. The van der Waals surface area contributed by atoms with E-state index in [-0.39, 0.29) is 5.82 Å². The fraction of sp³-hybridized carbons (Fsp3) is 0. The molecule has 0 aliphatic carbocycles. The van der Waals surface area contributed by atoms with Crippen LogP contribution in [0.5, 0.6) is 0 Å². The van der Waals surface area contributed by atoms with E-state index < -0.39 is 0 Å². The Labute approximate surface area is 120 Å². The third-order valence-electron chi connectivity index (χ3n) is 3.38. The summed E-state index contributed by atoms with van der Waals surface area (Å²) in [5.74, 6) is -0.260. The average Bonchev–Trinajstić information content (AvgIpc) is 3.14. The molecule has 0 unspecified atom stereocenters. The Kier molecular flexibility index (Phi) is 2.57. The summed E-state index contributed by atoms with van der Waals surface area (Å²) in [5, 5.41) is 9.78. The van der Waals surface area contributed by atoms with E-state index in [2.05, 4.69) is 10.2 Å². The largest absolute Gasteiger partial charge is 0.239 e. The Bertz CT molecular complexity index is 905. The lowest BCUT2D eigenvalue weighted by Crippen LogP contribution is -1.95. The fourth-order valence-electron chi connectivity index (χ4n) is 2.34. The molecule has 0 atom stereocenters. The van der Waals surface area contributed by atoms with E-state index in [0.717, 1.165) is 22.3 Å². The molecule has 0 radical (unpaired) electrons. The maximum Gasteiger partial charge on any atom is 0.123 e. The number of rotatable bonds is 2. The molecular weight excluding hydrogens is 267 g/mol. The van der Waals surface area contributed by atoms with Crippen molar-refractivity contribution in [2.45, 2.75) is 0 Å². The molecule has 0 fully saturated rings. The topological polar surface area (TPSA) is 35.6 Å². The van der Waals surface area contributed by atoms with Gasteiger partial charge >= 0.3 is 0 Å². The van der Waals surface area contributed by atoms with Crippen molar-refractivity contribution in [2.75, 3.05) is 0 Å². The number of benzene rings is 2. The zero-order chi connectivity index (χ0) is 14.2. The van der Waals surface area contributed by atoms with Crippen molar-refractivity contribution >= 4 is 10.9 Å². The predicted octanol–water partition coefficient (Wildman–Crippen LogP) is 3.35. The van der Waals surface area contributed by atoms with Gasteiger partial charge in [-0.1, -0.05) is 18.2 Å². The van der Waals surface area contributed by atoms with Crippen LogP contribution >= 0.6 is 0 Å². The Hall–Kier alpha value is -2.95. The molecule has 0 bridgehead atoms. The molecule has 2 aromatic carbocycles. The van der Waals surface area contributed by atoms with Crippen molar-refractivity contribution in [2.24, 2.45) is 0 Å². The van der Waals surface area contributed by atoms with Gasteiger partial charge in [0.25, 0.3) is 0 Å². The van der Waals surface area contributed by atoms with Gasteiger partial charge in [0.1, 0.15) is 11.5 Å². The van der Waals surface area contributed by atoms with Crippen LogP contribution in [0.2, 0.25) is 0 Å². The first-order valence-corrected chi connectivity index (χ1v) is 6.55. The number of fused-ring (bicyclic) bond motifs is 1. The van der Waals surface area contributed by atoms with Crippen molar-refractivity contribution in [3.63, 3.8) is 0 Å². The SMILES string of the molecule is Fc1ccc(-n2cc(-n3ncc4ccccc43)cn2)cc1. The van der Waals surface area contributed by atoms with E-state index in [9.17, 15) is 4.39 Å². The van der Waals surface area contributed by atoms with E-state index in [4.69, 9.17) is 0 Å². The lowest BCUT2D eigenvalue weighted by atomic mass is 10.2. The number of halogens is 1. The van der Waals surface area contributed by atoms with Crippen LogP contribution in [0.3, 0.4) is 0 Å². The fourth-order valence-corrected chi connectivity index (χ4v) is 2.34. The van der Waals surface area contributed by atoms with Crippen molar-refractivity contribution in [1.29, 1.82) is 0 Å². The molecule has 4 nitrogen and oxygen atoms in total. The summed E-state index contributed by atoms with van der Waals surface area (Å²) in [7, 11) is 0. The molecule has 21 heavy (non-hydrogen) atoms. The molecule has 0 saturated carbocycles. The summed E-state index contributed by atoms with van der Waals surface area (Å²) in [5.41, 5.74) is 2.69. The van der Waals surface area contributed by atoms with Gasteiger partial charge in [0.2, 0.25) is 0 Å². The van der Waals surface area contributed by atoms with Gasteiger partial charge in [-0.25, -0.2) is 13.8 Å². The van der Waals surface area contributed by atoms with E-state index in [1.54, 1.807) is 23.0 Å². The normalized spacial score (nSPS) is 11.1. The van der Waals surface area contributed by atoms with Gasteiger partial charge < -0.3 is 0 Å². The van der Waals surface area contributed by atoms with Gasteiger partial charge in [-0.05, 0) is 30.3 Å². The lowest BCUT2D eigenvalue weighted by Gasteiger charge is -2.01. The molecule has 4 rings (SSSR count). The lowest BCUT2D eigenvalue weighted by molar-refractivity contribution is 0.627. The van der Waals surface area contributed by atoms with Gasteiger partial charge in [-0.15, -0.1) is 0 Å². The molecule has 2 heterocycles. The molecule has 0 aliphatic heterocycles. The smallest absolute Gasteiger partial charge is 0.123 e. The van der Waals surface area contributed by atoms with Crippen molar-refractivity contribution < 1.29 is 4.39 Å². The van der Waals surface area contributed by atoms with Crippen molar-refractivity contribution in [3.05, 3.63) is 72.9 Å². The quantitative estimate of drug-likeness (QED) is 0.563. The van der Waals surface area contributed by atoms with Gasteiger partial charge in [0.15, 0.2) is 0 Å². The standard InChI is InChI=1S/C16H11FN4/c17-13-5-7-14(8-6-13)20-11-15(10-18-20)21-16-4-2-1-3-12(16)9-19-21/h1-11H. The highest BCUT2D eigenvalue weighted by atomic mass is 19.1. The molecule has 0 aliphatic rings. The van der Waals surface area contributed by atoms with E-state index in [1.165, 1.54) is 12.1 Å². The van der Waals surface area contributed by atoms with Gasteiger partial charge in [0.05, 0.1) is 29.8 Å². The van der Waals surface area contributed by atoms with Crippen LogP contribution in [-0.4, -0.2) is 19.6 Å². The van der Waals surface area contributed by atoms with Gasteiger partial charge in [0, 0.05) is 5.39 Å². The monoisotopic (exact) mass is 278 g/mol. The molecule has 2 aromatic heterocycles. The average molecular weight is 278 g/mol. The third-order valence-corrected chi connectivity index (χ3v) is 3.38. The van der Waals surface area contributed by atoms with Crippen LogP contribution in [0.4, 0.5) is 4.39 Å². The maximum atomic E-state index is 13.0. The zero-order valence-corrected chi connectivity index (χ0v) is 11.0. The molecule has 0 spiro atoms. The van der Waals surface area contributed by atoms with Crippen LogP contribution in [0.25, 0.3) is 22.3 Å². The summed E-state index contributed by atoms with van der Waals surface area (Å²) in [6.45, 7) is 0. The molecule has 5 heteroatoms. The highest BCUT2D eigenvalue weighted by Crippen LogP contribution is 2.18. The predicted molar refractivity (Wildman–Crippen MR) is 78.2 cm³/mol. The van der Waals surface area contributed by atoms with Gasteiger partial charge in [-0.2, -0.15) is 10.2 Å². The zero-order valence-electron chi connectivity index (χ0n) is 11.0. The minimum Gasteiger partial charge on any atom is -0.239 e. The Morgan fingerprint density at radius 2 is 1.62 bits per heavy atom. The summed E-state index contributed by atoms with van der Waals surface area (Å²) in [4.78, 5) is 0. The first kappa shape index (κ1) is 11.8. The van der Waals surface area contributed by atoms with Crippen LogP contribution < -0.4 is 0 Å². The van der Waals surface area contributed by atoms with Gasteiger partial charge in [-0.3, -0.25) is 0 Å². The summed E-state index contributed by atoms with van der Waals surface area (Å²) in [6, 6.07) is 14.2. The van der Waals surface area contributed by atoms with Crippen molar-refractivity contribution in [1.82, 2.24) is 19.6 Å². The number of para-hydroxylation sites is 1. The first-order valence-electron chi connectivity index (χ1n) is 6.55. The summed E-state index contributed by atoms with van der Waals surface area (Å²) < 4.78 is 16.5. The molecule has 0 N–H and O–H groups in total. The molecule has 0 saturated heterocycles. The number of nitrogens with zero attached hydrogens (tertiary/aromatic N) is 4. The highest BCUT2D eigenvalue weighted by molar-refractivity contribution is 5.79. The number of aromatic nitrogens is 4. The van der Waals surface area contributed by atoms with Crippen LogP contribution in [0.1, 0.15) is 0 Å². The minimum atomic E-state index is -0.260. The van der Waals surface area contributed by atoms with Crippen molar-refractivity contribution in [3.8, 4) is 11.4 Å². The van der Waals surface area contributed by atoms with E-state index in [1.807, 2.05) is 41.3 Å². The summed E-state index contributed by atoms with van der Waals surface area (Å²) >= 11 is 0. The summed E-state index contributed by atoms with van der Waals surface area (Å²) in [6.07, 6.45) is 5.43. The second-order valence-corrected chi connectivity index (χ2v) is 4.73. The second-order valence-electron chi connectivity index (χ2n) is 4.73. The van der Waals surface area contributed by atoms with Crippen LogP contribution in [0.15, 0.2) is 67.1 Å². The molecule has 4 aromatic rings. The molecule has 102 valence electrons. The first-order chi connectivity index (χ1) is 10.3. The van der Waals surface area contributed by atoms with Crippen LogP contribution in [-0.2, 0) is 0 Å². The molecular formula is C16H11FN4. The molecule has 0 amide bonds. The van der Waals surface area contributed by atoms with E-state index >= 15 is 0 Å². The maximum absolute atomic E-state index is 13.0. The second kappa shape index (κ2) is 4.56. The third kappa shape index (κ3) is 1.99. The van der Waals surface area contributed by atoms with E-state index in [0.29, 0.717) is 0 Å². The Morgan fingerprint density at radius 1 is 0.810 bits per heavy atom. The Balaban J connectivity index is 1.79. The highest BCUT2D eigenvalue weighted by Gasteiger charge is 2.07. The minimum absolute atomic E-state index is 0.260.